The second-order valence-electron chi connectivity index (χ2n) is 5.50. The molecule has 0 spiro atoms. The molecule has 2 aromatic rings. The SMILES string of the molecule is CNc1cc(N2CCCC2CNc2cc(Cl)nc(C)n2)ncn1. The molecule has 1 saturated heterocycles. The van der Waals surface area contributed by atoms with Crippen LogP contribution in [-0.4, -0.2) is 46.1 Å². The minimum Gasteiger partial charge on any atom is -0.373 e. The average Bonchev–Trinajstić information content (AvgIpc) is 3.00. The lowest BCUT2D eigenvalue weighted by molar-refractivity contribution is 0.688. The molecule has 1 aliphatic rings. The Bertz CT molecular complexity index is 658. The van der Waals surface area contributed by atoms with Gasteiger partial charge in [0.05, 0.1) is 0 Å². The molecular weight excluding hydrogens is 314 g/mol. The van der Waals surface area contributed by atoms with Crippen LogP contribution < -0.4 is 15.5 Å². The van der Waals surface area contributed by atoms with Crippen molar-refractivity contribution in [1.82, 2.24) is 19.9 Å². The fraction of sp³-hybridized carbons (Fsp3) is 0.467. The number of hydrogen-bond donors (Lipinski definition) is 2. The van der Waals surface area contributed by atoms with E-state index in [0.29, 0.717) is 17.0 Å². The van der Waals surface area contributed by atoms with E-state index in [1.807, 2.05) is 20.0 Å². The highest BCUT2D eigenvalue weighted by molar-refractivity contribution is 6.29. The number of rotatable bonds is 5. The van der Waals surface area contributed by atoms with Gasteiger partial charge in [-0.2, -0.15) is 0 Å². The molecule has 3 heterocycles. The van der Waals surface area contributed by atoms with Crippen LogP contribution >= 0.6 is 11.6 Å². The van der Waals surface area contributed by atoms with E-state index in [-0.39, 0.29) is 0 Å². The topological polar surface area (TPSA) is 78.9 Å². The molecule has 0 aliphatic carbocycles. The molecule has 2 N–H and O–H groups in total. The van der Waals surface area contributed by atoms with Gasteiger partial charge in [0.2, 0.25) is 0 Å². The first-order valence-electron chi connectivity index (χ1n) is 7.67. The molecule has 7 nitrogen and oxygen atoms in total. The molecule has 0 aromatic carbocycles. The van der Waals surface area contributed by atoms with Gasteiger partial charge in [0, 0.05) is 38.3 Å². The van der Waals surface area contributed by atoms with Crippen LogP contribution in [0.5, 0.6) is 0 Å². The molecular formula is C15H20ClN7. The molecule has 122 valence electrons. The van der Waals surface area contributed by atoms with Crippen molar-refractivity contribution in [2.24, 2.45) is 0 Å². The Morgan fingerprint density at radius 2 is 2.13 bits per heavy atom. The maximum absolute atomic E-state index is 5.98. The summed E-state index contributed by atoms with van der Waals surface area (Å²) in [7, 11) is 1.86. The molecule has 1 atom stereocenters. The summed E-state index contributed by atoms with van der Waals surface area (Å²) in [5, 5.41) is 6.87. The molecule has 23 heavy (non-hydrogen) atoms. The first-order chi connectivity index (χ1) is 11.2. The molecule has 0 saturated carbocycles. The van der Waals surface area contributed by atoms with Crippen LogP contribution in [0.4, 0.5) is 17.5 Å². The molecule has 3 rings (SSSR count). The van der Waals surface area contributed by atoms with Gasteiger partial charge in [0.25, 0.3) is 0 Å². The van der Waals surface area contributed by atoms with Gasteiger partial charge in [-0.1, -0.05) is 11.6 Å². The lowest BCUT2D eigenvalue weighted by atomic mass is 10.2. The van der Waals surface area contributed by atoms with Crippen molar-refractivity contribution < 1.29 is 0 Å². The standard InChI is InChI=1S/C15H20ClN7/c1-10-21-12(16)6-14(22-10)18-8-11-4-3-5-23(11)15-7-13(17-2)19-9-20-15/h6-7,9,11H,3-5,8H2,1-2H3,(H,17,19,20)(H,18,21,22). The van der Waals surface area contributed by atoms with Crippen LogP contribution in [0, 0.1) is 6.92 Å². The van der Waals surface area contributed by atoms with E-state index in [1.54, 1.807) is 12.4 Å². The lowest BCUT2D eigenvalue weighted by Gasteiger charge is -2.26. The summed E-state index contributed by atoms with van der Waals surface area (Å²) in [5.41, 5.74) is 0. The van der Waals surface area contributed by atoms with Crippen molar-refractivity contribution in [3.05, 3.63) is 29.4 Å². The summed E-state index contributed by atoms with van der Waals surface area (Å²) in [6.45, 7) is 3.61. The number of aryl methyl sites for hydroxylation is 1. The molecule has 0 radical (unpaired) electrons. The summed E-state index contributed by atoms with van der Waals surface area (Å²) in [6.07, 6.45) is 3.86. The summed E-state index contributed by atoms with van der Waals surface area (Å²) >= 11 is 5.98. The first-order valence-corrected chi connectivity index (χ1v) is 8.05. The zero-order valence-corrected chi connectivity index (χ0v) is 14.0. The zero-order chi connectivity index (χ0) is 16.2. The zero-order valence-electron chi connectivity index (χ0n) is 13.3. The van der Waals surface area contributed by atoms with Crippen LogP contribution in [0.3, 0.4) is 0 Å². The maximum atomic E-state index is 5.98. The van der Waals surface area contributed by atoms with Gasteiger partial charge < -0.3 is 15.5 Å². The van der Waals surface area contributed by atoms with Gasteiger partial charge in [0.15, 0.2) is 0 Å². The molecule has 1 fully saturated rings. The van der Waals surface area contributed by atoms with Gasteiger partial charge in [-0.05, 0) is 19.8 Å². The Labute approximate surface area is 140 Å². The third-order valence-corrected chi connectivity index (χ3v) is 4.10. The number of nitrogens with zero attached hydrogens (tertiary/aromatic N) is 5. The van der Waals surface area contributed by atoms with Crippen LogP contribution in [0.15, 0.2) is 18.5 Å². The molecule has 1 unspecified atom stereocenters. The van der Waals surface area contributed by atoms with E-state index in [9.17, 15) is 0 Å². The van der Waals surface area contributed by atoms with Crippen molar-refractivity contribution in [2.75, 3.05) is 35.7 Å². The van der Waals surface area contributed by atoms with E-state index in [2.05, 4.69) is 35.5 Å². The largest absolute Gasteiger partial charge is 0.373 e. The second-order valence-corrected chi connectivity index (χ2v) is 5.89. The van der Waals surface area contributed by atoms with Crippen LogP contribution in [0.2, 0.25) is 5.15 Å². The molecule has 0 bridgehead atoms. The smallest absolute Gasteiger partial charge is 0.134 e. The third kappa shape index (κ3) is 3.79. The van der Waals surface area contributed by atoms with Crippen LogP contribution in [-0.2, 0) is 0 Å². The fourth-order valence-electron chi connectivity index (χ4n) is 2.83. The average molecular weight is 334 g/mol. The van der Waals surface area contributed by atoms with E-state index in [1.165, 1.54) is 0 Å². The van der Waals surface area contributed by atoms with Crippen molar-refractivity contribution in [2.45, 2.75) is 25.8 Å². The number of hydrogen-bond acceptors (Lipinski definition) is 7. The van der Waals surface area contributed by atoms with E-state index in [4.69, 9.17) is 11.6 Å². The van der Waals surface area contributed by atoms with Crippen molar-refractivity contribution >= 4 is 29.1 Å². The summed E-state index contributed by atoms with van der Waals surface area (Å²) in [4.78, 5) is 19.3. The molecule has 1 aliphatic heterocycles. The highest BCUT2D eigenvalue weighted by atomic mass is 35.5. The van der Waals surface area contributed by atoms with Crippen LogP contribution in [0.25, 0.3) is 0 Å². The first kappa shape index (κ1) is 15.7. The predicted octanol–water partition coefficient (Wildman–Crippen LogP) is 2.35. The fourth-order valence-corrected chi connectivity index (χ4v) is 3.06. The van der Waals surface area contributed by atoms with E-state index in [0.717, 1.165) is 43.4 Å². The number of halogens is 1. The van der Waals surface area contributed by atoms with Gasteiger partial charge in [-0.15, -0.1) is 0 Å². The lowest BCUT2D eigenvalue weighted by Crippen LogP contribution is -2.35. The van der Waals surface area contributed by atoms with Gasteiger partial charge in [0.1, 0.15) is 34.8 Å². The monoisotopic (exact) mass is 333 g/mol. The quantitative estimate of drug-likeness (QED) is 0.813. The number of aromatic nitrogens is 4. The predicted molar refractivity (Wildman–Crippen MR) is 92.2 cm³/mol. The minimum atomic E-state index is 0.364. The molecule has 2 aromatic heterocycles. The third-order valence-electron chi connectivity index (χ3n) is 3.91. The minimum absolute atomic E-state index is 0.364. The maximum Gasteiger partial charge on any atom is 0.134 e. The highest BCUT2D eigenvalue weighted by Gasteiger charge is 2.25. The summed E-state index contributed by atoms with van der Waals surface area (Å²) < 4.78 is 0. The normalized spacial score (nSPS) is 17.3. The van der Waals surface area contributed by atoms with Gasteiger partial charge >= 0.3 is 0 Å². The Morgan fingerprint density at radius 3 is 2.91 bits per heavy atom. The van der Waals surface area contributed by atoms with Gasteiger partial charge in [-0.25, -0.2) is 19.9 Å². The van der Waals surface area contributed by atoms with Crippen molar-refractivity contribution in [1.29, 1.82) is 0 Å². The van der Waals surface area contributed by atoms with Crippen molar-refractivity contribution in [3.8, 4) is 0 Å². The Hall–Kier alpha value is -2.15. The Morgan fingerprint density at radius 1 is 1.26 bits per heavy atom. The number of nitrogens with one attached hydrogen (secondary N) is 2. The molecule has 0 amide bonds. The second kappa shape index (κ2) is 6.95. The molecule has 8 heteroatoms. The van der Waals surface area contributed by atoms with Crippen molar-refractivity contribution in [3.63, 3.8) is 0 Å². The Balaban J connectivity index is 1.69. The highest BCUT2D eigenvalue weighted by Crippen LogP contribution is 2.25. The van der Waals surface area contributed by atoms with Crippen LogP contribution in [0.1, 0.15) is 18.7 Å². The van der Waals surface area contributed by atoms with Gasteiger partial charge in [-0.3, -0.25) is 0 Å². The van der Waals surface area contributed by atoms with E-state index >= 15 is 0 Å². The summed E-state index contributed by atoms with van der Waals surface area (Å²) in [6, 6.07) is 4.09. The van der Waals surface area contributed by atoms with E-state index < -0.39 is 0 Å². The summed E-state index contributed by atoms with van der Waals surface area (Å²) in [5.74, 6) is 3.20. The Kier molecular flexibility index (Phi) is 4.76. The number of anilines is 3.